The molecule has 0 spiro atoms. The van der Waals surface area contributed by atoms with Crippen LogP contribution in [0.5, 0.6) is 0 Å². The van der Waals surface area contributed by atoms with Crippen LogP contribution < -0.4 is 5.32 Å². The maximum atomic E-state index is 12.5. The lowest BCUT2D eigenvalue weighted by atomic mass is 10.0. The summed E-state index contributed by atoms with van der Waals surface area (Å²) >= 11 is 0. The molecule has 2 rings (SSSR count). The summed E-state index contributed by atoms with van der Waals surface area (Å²) in [6, 6.07) is 0. The van der Waals surface area contributed by atoms with Gasteiger partial charge in [0, 0.05) is 66.2 Å². The summed E-state index contributed by atoms with van der Waals surface area (Å²) < 4.78 is 43.0. The van der Waals surface area contributed by atoms with Crippen molar-refractivity contribution in [1.29, 1.82) is 0 Å². The van der Waals surface area contributed by atoms with Gasteiger partial charge in [0.1, 0.15) is 0 Å². The van der Waals surface area contributed by atoms with Crippen molar-refractivity contribution in [2.24, 2.45) is 10.9 Å². The van der Waals surface area contributed by atoms with E-state index in [0.717, 1.165) is 58.2 Å². The van der Waals surface area contributed by atoms with Gasteiger partial charge in [-0.2, -0.15) is 4.31 Å². The van der Waals surface area contributed by atoms with E-state index in [2.05, 4.69) is 15.2 Å². The lowest BCUT2D eigenvalue weighted by molar-refractivity contribution is 0.0203. The summed E-state index contributed by atoms with van der Waals surface area (Å²) in [5.41, 5.74) is 0. The lowest BCUT2D eigenvalue weighted by Crippen LogP contribution is -2.54. The van der Waals surface area contributed by atoms with Gasteiger partial charge in [0.15, 0.2) is 5.96 Å². The molecule has 9 nitrogen and oxygen atoms in total. The van der Waals surface area contributed by atoms with Crippen molar-refractivity contribution in [3.05, 3.63) is 0 Å². The van der Waals surface area contributed by atoms with E-state index in [1.165, 1.54) is 0 Å². The Morgan fingerprint density at radius 1 is 1.17 bits per heavy atom. The predicted octanol–water partition coefficient (Wildman–Crippen LogP) is 0.768. The number of ether oxygens (including phenoxy) is 3. The molecule has 2 aliphatic heterocycles. The minimum Gasteiger partial charge on any atom is -0.381 e. The minimum atomic E-state index is -3.27. The van der Waals surface area contributed by atoms with E-state index in [4.69, 9.17) is 14.2 Å². The number of guanidine groups is 1. The Balaban J connectivity index is 1.61. The molecule has 0 unspecified atom stereocenters. The average Bonchev–Trinajstić information content (AvgIpc) is 2.74. The fourth-order valence-electron chi connectivity index (χ4n) is 3.57. The zero-order valence-electron chi connectivity index (χ0n) is 18.8. The Bertz CT molecular complexity index is 600. The van der Waals surface area contributed by atoms with Crippen LogP contribution in [-0.4, -0.2) is 108 Å². The molecule has 0 amide bonds. The third-order valence-corrected chi connectivity index (χ3v) is 7.21. The topological polar surface area (TPSA) is 92.7 Å². The van der Waals surface area contributed by atoms with Crippen LogP contribution >= 0.6 is 0 Å². The fraction of sp³-hybridized carbons (Fsp3) is 0.950. The first kappa shape index (κ1) is 25.3. The molecule has 0 bridgehead atoms. The first-order valence-electron chi connectivity index (χ1n) is 11.1. The number of nitrogens with one attached hydrogen (secondary N) is 1. The van der Waals surface area contributed by atoms with Crippen molar-refractivity contribution in [3.63, 3.8) is 0 Å². The van der Waals surface area contributed by atoms with Crippen LogP contribution in [0.1, 0.15) is 33.1 Å². The molecule has 176 valence electrons. The molecule has 0 aromatic carbocycles. The van der Waals surface area contributed by atoms with Gasteiger partial charge in [0.2, 0.25) is 10.0 Å². The molecule has 0 atom stereocenters. The van der Waals surface area contributed by atoms with Crippen LogP contribution in [0.4, 0.5) is 0 Å². The third-order valence-electron chi connectivity index (χ3n) is 5.38. The summed E-state index contributed by atoms with van der Waals surface area (Å²) in [5.74, 6) is 1.48. The third kappa shape index (κ3) is 9.05. The largest absolute Gasteiger partial charge is 0.381 e. The van der Waals surface area contributed by atoms with Crippen LogP contribution in [0.25, 0.3) is 0 Å². The highest BCUT2D eigenvalue weighted by molar-refractivity contribution is 7.89. The molecule has 0 aromatic heterocycles. The van der Waals surface area contributed by atoms with Gasteiger partial charge in [-0.05, 0) is 39.0 Å². The van der Waals surface area contributed by atoms with E-state index >= 15 is 0 Å². The SMILES string of the molecule is CN=C(NCCCOCC1CCOCC1)N1CCN(S(=O)(=O)CCOC(C)C)CC1. The molecule has 0 aliphatic carbocycles. The Morgan fingerprint density at radius 2 is 1.87 bits per heavy atom. The van der Waals surface area contributed by atoms with Crippen molar-refractivity contribution >= 4 is 16.0 Å². The highest BCUT2D eigenvalue weighted by atomic mass is 32.2. The summed E-state index contributed by atoms with van der Waals surface area (Å²) in [7, 11) is -1.51. The molecule has 0 saturated carbocycles. The molecule has 2 saturated heterocycles. The van der Waals surface area contributed by atoms with Crippen LogP contribution in [0, 0.1) is 5.92 Å². The smallest absolute Gasteiger partial charge is 0.216 e. The van der Waals surface area contributed by atoms with Crippen molar-refractivity contribution < 1.29 is 22.6 Å². The number of hydrogen-bond donors (Lipinski definition) is 1. The van der Waals surface area contributed by atoms with Gasteiger partial charge in [0.05, 0.1) is 18.5 Å². The molecule has 30 heavy (non-hydrogen) atoms. The molecule has 2 aliphatic rings. The van der Waals surface area contributed by atoms with Gasteiger partial charge in [-0.15, -0.1) is 0 Å². The van der Waals surface area contributed by atoms with Gasteiger partial charge in [0.25, 0.3) is 0 Å². The predicted molar refractivity (Wildman–Crippen MR) is 118 cm³/mol. The van der Waals surface area contributed by atoms with Crippen molar-refractivity contribution in [2.45, 2.75) is 39.2 Å². The summed E-state index contributed by atoms with van der Waals surface area (Å²) in [4.78, 5) is 6.46. The standard InChI is InChI=1S/C20H40N4O5S/c1-18(2)29-15-16-30(25,26)24-10-8-23(9-11-24)20(21-3)22-7-4-12-28-17-19-5-13-27-14-6-19/h18-19H,4-17H2,1-3H3,(H,21,22). The lowest BCUT2D eigenvalue weighted by Gasteiger charge is -2.35. The van der Waals surface area contributed by atoms with E-state index in [1.54, 1.807) is 11.4 Å². The van der Waals surface area contributed by atoms with Crippen LogP contribution in [-0.2, 0) is 24.2 Å². The molecule has 0 radical (unpaired) electrons. The second kappa shape index (κ2) is 13.5. The van der Waals surface area contributed by atoms with Crippen molar-refractivity contribution in [2.75, 3.05) is 78.6 Å². The Labute approximate surface area is 182 Å². The molecule has 10 heteroatoms. The molecule has 2 fully saturated rings. The van der Waals surface area contributed by atoms with Crippen LogP contribution in [0.3, 0.4) is 0 Å². The normalized spacial score (nSPS) is 20.1. The Kier molecular flexibility index (Phi) is 11.4. The zero-order chi connectivity index (χ0) is 21.8. The first-order chi connectivity index (χ1) is 14.4. The summed E-state index contributed by atoms with van der Waals surface area (Å²) in [6.07, 6.45) is 3.14. The second-order valence-electron chi connectivity index (χ2n) is 8.08. The average molecular weight is 449 g/mol. The minimum absolute atomic E-state index is 0.0338. The molecule has 0 aromatic rings. The van der Waals surface area contributed by atoms with Gasteiger partial charge in [-0.1, -0.05) is 0 Å². The highest BCUT2D eigenvalue weighted by Gasteiger charge is 2.27. The van der Waals surface area contributed by atoms with Crippen LogP contribution in [0.2, 0.25) is 0 Å². The number of rotatable bonds is 11. The molecule has 2 heterocycles. The molecule has 1 N–H and O–H groups in total. The second-order valence-corrected chi connectivity index (χ2v) is 10.2. The Morgan fingerprint density at radius 3 is 2.50 bits per heavy atom. The molecular weight excluding hydrogens is 408 g/mol. The Hall–Kier alpha value is -0.940. The van der Waals surface area contributed by atoms with E-state index in [9.17, 15) is 8.42 Å². The van der Waals surface area contributed by atoms with E-state index < -0.39 is 10.0 Å². The maximum Gasteiger partial charge on any atom is 0.216 e. The maximum absolute atomic E-state index is 12.5. The summed E-state index contributed by atoms with van der Waals surface area (Å²) in [6.45, 7) is 10.3. The van der Waals surface area contributed by atoms with Crippen LogP contribution in [0.15, 0.2) is 4.99 Å². The number of sulfonamides is 1. The summed E-state index contributed by atoms with van der Waals surface area (Å²) in [5, 5.41) is 3.37. The number of hydrogen-bond acceptors (Lipinski definition) is 6. The molecular formula is C20H40N4O5S. The van der Waals surface area contributed by atoms with E-state index in [1.807, 2.05) is 13.8 Å². The fourth-order valence-corrected chi connectivity index (χ4v) is 4.85. The van der Waals surface area contributed by atoms with Gasteiger partial charge >= 0.3 is 0 Å². The van der Waals surface area contributed by atoms with Crippen molar-refractivity contribution in [3.8, 4) is 0 Å². The van der Waals surface area contributed by atoms with Crippen molar-refractivity contribution in [1.82, 2.24) is 14.5 Å². The van der Waals surface area contributed by atoms with E-state index in [0.29, 0.717) is 32.1 Å². The van der Waals surface area contributed by atoms with Gasteiger partial charge in [-0.25, -0.2) is 8.42 Å². The highest BCUT2D eigenvalue weighted by Crippen LogP contribution is 2.14. The number of aliphatic imine (C=N–C) groups is 1. The van der Waals surface area contributed by atoms with E-state index in [-0.39, 0.29) is 18.5 Å². The monoisotopic (exact) mass is 448 g/mol. The number of piperazine rings is 1. The quantitative estimate of drug-likeness (QED) is 0.283. The van der Waals surface area contributed by atoms with Gasteiger partial charge < -0.3 is 24.4 Å². The van der Waals surface area contributed by atoms with Gasteiger partial charge in [-0.3, -0.25) is 4.99 Å². The first-order valence-corrected chi connectivity index (χ1v) is 12.7. The zero-order valence-corrected chi connectivity index (χ0v) is 19.7. The number of nitrogens with zero attached hydrogens (tertiary/aromatic N) is 3.